The normalized spacial score (nSPS) is 12.1. The third-order valence-electron chi connectivity index (χ3n) is 4.85. The number of fused-ring (bicyclic) bond motifs is 1. The van der Waals surface area contributed by atoms with Crippen LogP contribution in [0.4, 0.5) is 5.82 Å². The molecule has 0 amide bonds. The van der Waals surface area contributed by atoms with E-state index in [1.807, 2.05) is 74.5 Å². The third kappa shape index (κ3) is 3.22. The topological polar surface area (TPSA) is 78.3 Å². The molecule has 0 saturated heterocycles. The molecule has 140 valence electrons. The van der Waals surface area contributed by atoms with Gasteiger partial charge in [-0.15, -0.1) is 0 Å². The van der Waals surface area contributed by atoms with Gasteiger partial charge in [-0.3, -0.25) is 0 Å². The van der Waals surface area contributed by atoms with Gasteiger partial charge in [0.15, 0.2) is 0 Å². The quantitative estimate of drug-likeness (QED) is 0.477. The van der Waals surface area contributed by atoms with E-state index in [4.69, 9.17) is 0 Å². The van der Waals surface area contributed by atoms with E-state index in [-0.39, 0.29) is 11.5 Å². The Morgan fingerprint density at radius 3 is 2.39 bits per heavy atom. The number of aromatic hydroxyl groups is 2. The Hall–Kier alpha value is -3.60. The van der Waals surface area contributed by atoms with Crippen LogP contribution in [0.3, 0.4) is 0 Å². The van der Waals surface area contributed by atoms with Crippen molar-refractivity contribution in [3.8, 4) is 11.5 Å². The second-order valence-electron chi connectivity index (χ2n) is 6.83. The van der Waals surface area contributed by atoms with Crippen LogP contribution in [0.1, 0.15) is 28.4 Å². The van der Waals surface area contributed by atoms with Gasteiger partial charge in [0, 0.05) is 28.4 Å². The highest BCUT2D eigenvalue weighted by molar-refractivity contribution is 5.86. The highest BCUT2D eigenvalue weighted by atomic mass is 16.3. The molecule has 0 aliphatic rings. The molecule has 2 heterocycles. The Morgan fingerprint density at radius 2 is 1.61 bits per heavy atom. The molecule has 5 heteroatoms. The van der Waals surface area contributed by atoms with Gasteiger partial charge >= 0.3 is 0 Å². The molecule has 0 aliphatic carbocycles. The number of aromatic nitrogens is 2. The van der Waals surface area contributed by atoms with Crippen LogP contribution in [0.5, 0.6) is 11.5 Å². The second-order valence-corrected chi connectivity index (χ2v) is 6.83. The van der Waals surface area contributed by atoms with Crippen molar-refractivity contribution in [3.05, 3.63) is 89.2 Å². The lowest BCUT2D eigenvalue weighted by Gasteiger charge is -2.23. The molecule has 0 fully saturated rings. The Bertz CT molecular complexity index is 1140. The van der Waals surface area contributed by atoms with Crippen molar-refractivity contribution in [1.29, 1.82) is 0 Å². The number of nitrogens with one attached hydrogen (secondary N) is 1. The fourth-order valence-corrected chi connectivity index (χ4v) is 3.35. The van der Waals surface area contributed by atoms with Gasteiger partial charge < -0.3 is 15.5 Å². The summed E-state index contributed by atoms with van der Waals surface area (Å²) in [7, 11) is 0. The summed E-state index contributed by atoms with van der Waals surface area (Å²) in [5.74, 6) is 0.924. The number of hydrogen-bond acceptors (Lipinski definition) is 5. The van der Waals surface area contributed by atoms with E-state index in [0.717, 1.165) is 16.6 Å². The van der Waals surface area contributed by atoms with E-state index in [1.54, 1.807) is 6.20 Å². The van der Waals surface area contributed by atoms with E-state index in [0.29, 0.717) is 22.5 Å². The first-order chi connectivity index (χ1) is 13.5. The lowest BCUT2D eigenvalue weighted by Crippen LogP contribution is -2.14. The molecule has 3 N–H and O–H groups in total. The van der Waals surface area contributed by atoms with E-state index in [2.05, 4.69) is 15.3 Å². The van der Waals surface area contributed by atoms with Crippen LogP contribution in [0.2, 0.25) is 0 Å². The molecule has 1 unspecified atom stereocenters. The predicted molar refractivity (Wildman–Crippen MR) is 111 cm³/mol. The summed E-state index contributed by atoms with van der Waals surface area (Å²) in [5, 5.41) is 25.9. The van der Waals surface area contributed by atoms with Crippen molar-refractivity contribution in [3.63, 3.8) is 0 Å². The van der Waals surface area contributed by atoms with Crippen LogP contribution in [0.15, 0.2) is 66.9 Å². The van der Waals surface area contributed by atoms with E-state index in [9.17, 15) is 10.2 Å². The van der Waals surface area contributed by atoms with E-state index >= 15 is 0 Å². The first kappa shape index (κ1) is 17.8. The monoisotopic (exact) mass is 371 g/mol. The van der Waals surface area contributed by atoms with Crippen LogP contribution in [0.25, 0.3) is 10.9 Å². The lowest BCUT2D eigenvalue weighted by atomic mass is 9.94. The fraction of sp³-hybridized carbons (Fsp3) is 0.130. The highest BCUT2D eigenvalue weighted by Gasteiger charge is 2.23. The summed E-state index contributed by atoms with van der Waals surface area (Å²) in [4.78, 5) is 8.84. The molecule has 28 heavy (non-hydrogen) atoms. The Morgan fingerprint density at radius 1 is 0.821 bits per heavy atom. The maximum Gasteiger partial charge on any atom is 0.147 e. The number of pyridine rings is 2. The molecule has 4 aromatic rings. The molecular formula is C23H21N3O2. The molecule has 0 bridgehead atoms. The average Bonchev–Trinajstić information content (AvgIpc) is 2.70. The van der Waals surface area contributed by atoms with Crippen molar-refractivity contribution in [2.45, 2.75) is 19.9 Å². The Kier molecular flexibility index (Phi) is 4.57. The zero-order valence-electron chi connectivity index (χ0n) is 15.7. The summed E-state index contributed by atoms with van der Waals surface area (Å²) in [6.07, 6.45) is 1.70. The van der Waals surface area contributed by atoms with Crippen LogP contribution >= 0.6 is 0 Å². The molecule has 5 nitrogen and oxygen atoms in total. The molecule has 4 rings (SSSR count). The van der Waals surface area contributed by atoms with E-state index in [1.165, 1.54) is 0 Å². The van der Waals surface area contributed by atoms with Crippen LogP contribution < -0.4 is 5.32 Å². The molecule has 2 aromatic heterocycles. The number of anilines is 1. The van der Waals surface area contributed by atoms with E-state index < -0.39 is 6.04 Å². The number of benzene rings is 2. The van der Waals surface area contributed by atoms with Gasteiger partial charge in [-0.05, 0) is 37.6 Å². The van der Waals surface area contributed by atoms with Gasteiger partial charge in [0.1, 0.15) is 22.8 Å². The number of hydrogen-bond donors (Lipinski definition) is 3. The molecule has 1 atom stereocenters. The smallest absolute Gasteiger partial charge is 0.147 e. The molecular weight excluding hydrogens is 350 g/mol. The third-order valence-corrected chi connectivity index (χ3v) is 4.85. The number of rotatable bonds is 4. The first-order valence-corrected chi connectivity index (χ1v) is 9.10. The number of phenols is 2. The molecule has 0 saturated carbocycles. The predicted octanol–water partition coefficient (Wildman–Crippen LogP) is 4.86. The minimum Gasteiger partial charge on any atom is -0.507 e. The minimum atomic E-state index is -0.499. The lowest BCUT2D eigenvalue weighted by molar-refractivity contribution is 0.457. The summed E-state index contributed by atoms with van der Waals surface area (Å²) in [5.41, 5.74) is 3.41. The van der Waals surface area contributed by atoms with Crippen LogP contribution in [-0.4, -0.2) is 20.2 Å². The Balaban J connectivity index is 1.91. The summed E-state index contributed by atoms with van der Waals surface area (Å²) in [6.45, 7) is 3.74. The summed E-state index contributed by atoms with van der Waals surface area (Å²) in [6, 6.07) is 18.3. The van der Waals surface area contributed by atoms with Gasteiger partial charge in [0.2, 0.25) is 0 Å². The molecule has 0 aliphatic heterocycles. The van der Waals surface area contributed by atoms with Crippen LogP contribution in [0, 0.1) is 13.8 Å². The Labute approximate surface area is 163 Å². The molecule has 2 aromatic carbocycles. The maximum atomic E-state index is 11.0. The average molecular weight is 371 g/mol. The second kappa shape index (κ2) is 7.19. The highest BCUT2D eigenvalue weighted by Crippen LogP contribution is 2.39. The molecule has 0 radical (unpaired) electrons. The number of phenolic OH excluding ortho intramolecular Hbond substituents is 2. The standard InChI is InChI=1S/C23H21N3O2/c1-14-6-5-7-17(22(14)27)21(26-19-8-3-4-13-24-19)18-12-11-16-10-9-15(2)25-20(16)23(18)28/h3-13,21,27-28H,1-2H3,(H,24,26). The van der Waals surface area contributed by atoms with Gasteiger partial charge in [0.05, 0.1) is 6.04 Å². The summed E-state index contributed by atoms with van der Waals surface area (Å²) < 4.78 is 0. The van der Waals surface area contributed by atoms with Gasteiger partial charge in [0.25, 0.3) is 0 Å². The van der Waals surface area contributed by atoms with Crippen molar-refractivity contribution in [1.82, 2.24) is 9.97 Å². The number of para-hydroxylation sites is 1. The fourth-order valence-electron chi connectivity index (χ4n) is 3.35. The maximum absolute atomic E-state index is 11.0. The first-order valence-electron chi connectivity index (χ1n) is 9.10. The minimum absolute atomic E-state index is 0.0931. The van der Waals surface area contributed by atoms with Crippen LogP contribution in [-0.2, 0) is 0 Å². The van der Waals surface area contributed by atoms with Gasteiger partial charge in [-0.1, -0.05) is 42.5 Å². The zero-order chi connectivity index (χ0) is 19.7. The van der Waals surface area contributed by atoms with Crippen molar-refractivity contribution in [2.24, 2.45) is 0 Å². The van der Waals surface area contributed by atoms with Crippen molar-refractivity contribution in [2.75, 3.05) is 5.32 Å². The zero-order valence-corrected chi connectivity index (χ0v) is 15.7. The SMILES string of the molecule is Cc1ccc2ccc(C(Nc3ccccn3)c3cccc(C)c3O)c(O)c2n1. The van der Waals surface area contributed by atoms with Gasteiger partial charge in [-0.25, -0.2) is 9.97 Å². The van der Waals surface area contributed by atoms with Gasteiger partial charge in [-0.2, -0.15) is 0 Å². The largest absolute Gasteiger partial charge is 0.507 e. The summed E-state index contributed by atoms with van der Waals surface area (Å²) >= 11 is 0. The molecule has 0 spiro atoms. The van der Waals surface area contributed by atoms with Crippen molar-refractivity contribution >= 4 is 16.7 Å². The van der Waals surface area contributed by atoms with Crippen molar-refractivity contribution < 1.29 is 10.2 Å². The number of nitrogens with zero attached hydrogens (tertiary/aromatic N) is 2. The number of aryl methyl sites for hydroxylation is 2.